The summed E-state index contributed by atoms with van der Waals surface area (Å²) in [6.07, 6.45) is 11.8. The number of carbonyl (C=O) groups is 1. The van der Waals surface area contributed by atoms with Crippen LogP contribution in [0.2, 0.25) is 0 Å². The molecule has 1 saturated heterocycles. The van der Waals surface area contributed by atoms with Crippen molar-refractivity contribution in [2.45, 2.75) is 57.8 Å². The fourth-order valence-electron chi connectivity index (χ4n) is 3.29. The van der Waals surface area contributed by atoms with Gasteiger partial charge >= 0.3 is 0 Å². The normalized spacial score (nSPS) is 23.9. The molecule has 1 heterocycles. The summed E-state index contributed by atoms with van der Waals surface area (Å²) in [5, 5.41) is 6.39. The Balaban J connectivity index is 0.00000180. The standard InChI is InChI=1S/C15H28N2O.ClH/c18-15(14-9-5-10-16-12-14)17-11-4-3-8-13-6-1-2-7-13;/h13-14,16H,1-12H2,(H,17,18);1H. The van der Waals surface area contributed by atoms with Gasteiger partial charge in [0.25, 0.3) is 0 Å². The van der Waals surface area contributed by atoms with Crippen molar-refractivity contribution in [3.63, 3.8) is 0 Å². The lowest BCUT2D eigenvalue weighted by Crippen LogP contribution is -2.40. The highest BCUT2D eigenvalue weighted by Crippen LogP contribution is 2.28. The Kier molecular flexibility index (Phi) is 8.47. The van der Waals surface area contributed by atoms with E-state index >= 15 is 0 Å². The van der Waals surface area contributed by atoms with E-state index in [2.05, 4.69) is 10.6 Å². The molecule has 0 radical (unpaired) electrons. The number of hydrogen-bond acceptors (Lipinski definition) is 2. The highest BCUT2D eigenvalue weighted by molar-refractivity contribution is 5.85. The predicted molar refractivity (Wildman–Crippen MR) is 81.7 cm³/mol. The van der Waals surface area contributed by atoms with Crippen molar-refractivity contribution in [1.29, 1.82) is 0 Å². The van der Waals surface area contributed by atoms with Gasteiger partial charge in [0.15, 0.2) is 0 Å². The van der Waals surface area contributed by atoms with Crippen LogP contribution in [0.15, 0.2) is 0 Å². The SMILES string of the molecule is Cl.O=C(NCCCCC1CCCC1)C1CCCNC1. The van der Waals surface area contributed by atoms with Gasteiger partial charge in [-0.15, -0.1) is 12.4 Å². The van der Waals surface area contributed by atoms with Gasteiger partial charge in [0, 0.05) is 13.1 Å². The first kappa shape index (κ1) is 16.8. The molecule has 0 aromatic carbocycles. The zero-order valence-corrected chi connectivity index (χ0v) is 12.8. The van der Waals surface area contributed by atoms with Crippen LogP contribution < -0.4 is 10.6 Å². The van der Waals surface area contributed by atoms with Crippen LogP contribution in [0.25, 0.3) is 0 Å². The minimum absolute atomic E-state index is 0. The molecule has 1 atom stereocenters. The second kappa shape index (κ2) is 9.60. The maximum Gasteiger partial charge on any atom is 0.224 e. The number of amides is 1. The highest BCUT2D eigenvalue weighted by Gasteiger charge is 2.20. The van der Waals surface area contributed by atoms with Crippen molar-refractivity contribution >= 4 is 18.3 Å². The molecule has 19 heavy (non-hydrogen) atoms. The third-order valence-corrected chi connectivity index (χ3v) is 4.48. The number of carbonyl (C=O) groups excluding carboxylic acids is 1. The summed E-state index contributed by atoms with van der Waals surface area (Å²) < 4.78 is 0. The van der Waals surface area contributed by atoms with E-state index in [0.29, 0.717) is 0 Å². The van der Waals surface area contributed by atoms with Crippen molar-refractivity contribution in [2.24, 2.45) is 11.8 Å². The van der Waals surface area contributed by atoms with Gasteiger partial charge in [-0.25, -0.2) is 0 Å². The van der Waals surface area contributed by atoms with Gasteiger partial charge in [0.05, 0.1) is 5.92 Å². The van der Waals surface area contributed by atoms with Gasteiger partial charge in [0.1, 0.15) is 0 Å². The van der Waals surface area contributed by atoms with E-state index in [4.69, 9.17) is 0 Å². The smallest absolute Gasteiger partial charge is 0.224 e. The largest absolute Gasteiger partial charge is 0.356 e. The molecule has 2 fully saturated rings. The Morgan fingerprint density at radius 3 is 2.58 bits per heavy atom. The topological polar surface area (TPSA) is 41.1 Å². The summed E-state index contributed by atoms with van der Waals surface area (Å²) in [5.41, 5.74) is 0. The van der Waals surface area contributed by atoms with Gasteiger partial charge in [-0.1, -0.05) is 38.5 Å². The number of rotatable bonds is 6. The molecule has 0 aromatic heterocycles. The zero-order chi connectivity index (χ0) is 12.6. The summed E-state index contributed by atoms with van der Waals surface area (Å²) in [5.74, 6) is 1.47. The van der Waals surface area contributed by atoms with E-state index in [-0.39, 0.29) is 24.2 Å². The molecule has 0 aromatic rings. The van der Waals surface area contributed by atoms with Crippen LogP contribution in [0.3, 0.4) is 0 Å². The minimum Gasteiger partial charge on any atom is -0.356 e. The Morgan fingerprint density at radius 2 is 1.89 bits per heavy atom. The third kappa shape index (κ3) is 6.13. The maximum atomic E-state index is 11.9. The van der Waals surface area contributed by atoms with Crippen molar-refractivity contribution in [3.8, 4) is 0 Å². The molecule has 2 N–H and O–H groups in total. The van der Waals surface area contributed by atoms with Gasteiger partial charge < -0.3 is 10.6 Å². The highest BCUT2D eigenvalue weighted by atomic mass is 35.5. The van der Waals surface area contributed by atoms with E-state index in [0.717, 1.165) is 44.8 Å². The van der Waals surface area contributed by atoms with Crippen molar-refractivity contribution in [2.75, 3.05) is 19.6 Å². The molecule has 0 bridgehead atoms. The predicted octanol–water partition coefficient (Wildman–Crippen LogP) is 2.88. The Bertz CT molecular complexity index is 249. The summed E-state index contributed by atoms with van der Waals surface area (Å²) in [4.78, 5) is 11.9. The summed E-state index contributed by atoms with van der Waals surface area (Å²) in [6, 6.07) is 0. The molecule has 1 unspecified atom stereocenters. The second-order valence-corrected chi connectivity index (χ2v) is 5.98. The molecule has 2 aliphatic rings. The number of piperidine rings is 1. The van der Waals surface area contributed by atoms with Crippen LogP contribution in [0, 0.1) is 11.8 Å². The van der Waals surface area contributed by atoms with Crippen LogP contribution in [0.1, 0.15) is 57.8 Å². The first-order valence-electron chi connectivity index (χ1n) is 7.84. The van der Waals surface area contributed by atoms with Gasteiger partial charge in [-0.05, 0) is 31.7 Å². The lowest BCUT2D eigenvalue weighted by Gasteiger charge is -2.21. The molecular weight excluding hydrogens is 260 g/mol. The summed E-state index contributed by atoms with van der Waals surface area (Å²) >= 11 is 0. The Hall–Kier alpha value is -0.280. The number of nitrogens with one attached hydrogen (secondary N) is 2. The summed E-state index contributed by atoms with van der Waals surface area (Å²) in [7, 11) is 0. The average Bonchev–Trinajstić information content (AvgIpc) is 2.92. The maximum absolute atomic E-state index is 11.9. The lowest BCUT2D eigenvalue weighted by molar-refractivity contribution is -0.125. The molecule has 2 rings (SSSR count). The lowest BCUT2D eigenvalue weighted by atomic mass is 9.98. The molecule has 112 valence electrons. The molecule has 0 spiro atoms. The molecule has 1 saturated carbocycles. The van der Waals surface area contributed by atoms with Crippen LogP contribution in [-0.2, 0) is 4.79 Å². The Morgan fingerprint density at radius 1 is 1.11 bits per heavy atom. The fraction of sp³-hybridized carbons (Fsp3) is 0.933. The molecule has 1 aliphatic heterocycles. The summed E-state index contributed by atoms with van der Waals surface area (Å²) in [6.45, 7) is 2.82. The third-order valence-electron chi connectivity index (χ3n) is 4.48. The van der Waals surface area contributed by atoms with E-state index in [9.17, 15) is 4.79 Å². The van der Waals surface area contributed by atoms with Crippen LogP contribution in [-0.4, -0.2) is 25.5 Å². The molecule has 1 amide bonds. The number of hydrogen-bond donors (Lipinski definition) is 2. The monoisotopic (exact) mass is 288 g/mol. The fourth-order valence-corrected chi connectivity index (χ4v) is 3.29. The molecular formula is C15H29ClN2O. The minimum atomic E-state index is 0. The average molecular weight is 289 g/mol. The van der Waals surface area contributed by atoms with Crippen LogP contribution in [0.4, 0.5) is 0 Å². The number of unbranched alkanes of at least 4 members (excludes halogenated alkanes) is 1. The molecule has 4 heteroatoms. The molecule has 1 aliphatic carbocycles. The number of halogens is 1. The van der Waals surface area contributed by atoms with E-state index in [1.165, 1.54) is 38.5 Å². The van der Waals surface area contributed by atoms with Crippen LogP contribution >= 0.6 is 12.4 Å². The first-order chi connectivity index (χ1) is 8.86. The van der Waals surface area contributed by atoms with Crippen LogP contribution in [0.5, 0.6) is 0 Å². The van der Waals surface area contributed by atoms with Crippen molar-refractivity contribution in [3.05, 3.63) is 0 Å². The van der Waals surface area contributed by atoms with Gasteiger partial charge in [-0.2, -0.15) is 0 Å². The Labute approximate surface area is 123 Å². The van der Waals surface area contributed by atoms with Gasteiger partial charge in [0.2, 0.25) is 5.91 Å². The van der Waals surface area contributed by atoms with Crippen molar-refractivity contribution in [1.82, 2.24) is 10.6 Å². The first-order valence-corrected chi connectivity index (χ1v) is 7.84. The second-order valence-electron chi connectivity index (χ2n) is 5.98. The van der Waals surface area contributed by atoms with E-state index in [1.54, 1.807) is 0 Å². The molecule has 3 nitrogen and oxygen atoms in total. The van der Waals surface area contributed by atoms with E-state index < -0.39 is 0 Å². The van der Waals surface area contributed by atoms with Gasteiger partial charge in [-0.3, -0.25) is 4.79 Å². The quantitative estimate of drug-likeness (QED) is 0.738. The zero-order valence-electron chi connectivity index (χ0n) is 12.0. The van der Waals surface area contributed by atoms with Crippen molar-refractivity contribution < 1.29 is 4.79 Å². The van der Waals surface area contributed by atoms with E-state index in [1.807, 2.05) is 0 Å².